The van der Waals surface area contributed by atoms with Crippen LogP contribution in [-0.2, 0) is 4.79 Å². The van der Waals surface area contributed by atoms with Crippen LogP contribution in [0.1, 0.15) is 40.0 Å². The van der Waals surface area contributed by atoms with Crippen molar-refractivity contribution < 1.29 is 4.79 Å². The van der Waals surface area contributed by atoms with Crippen LogP contribution in [0.25, 0.3) is 0 Å². The van der Waals surface area contributed by atoms with Gasteiger partial charge in [0.1, 0.15) is 0 Å². The monoisotopic (exact) mass is 210 g/mol. The van der Waals surface area contributed by atoms with E-state index in [9.17, 15) is 4.79 Å². The molecule has 3 nitrogen and oxygen atoms in total. The molecule has 1 amide bonds. The highest BCUT2D eigenvalue weighted by molar-refractivity contribution is 5.82. The number of carbonyl (C=O) groups excluding carboxylic acids is 1. The van der Waals surface area contributed by atoms with E-state index >= 15 is 0 Å². The average Bonchev–Trinajstić information content (AvgIpc) is 2.19. The molecule has 1 aliphatic heterocycles. The summed E-state index contributed by atoms with van der Waals surface area (Å²) in [5, 5.41) is 6.57. The van der Waals surface area contributed by atoms with Gasteiger partial charge in [-0.3, -0.25) is 4.79 Å². The second-order valence-electron chi connectivity index (χ2n) is 5.43. The van der Waals surface area contributed by atoms with Crippen LogP contribution in [0.3, 0.4) is 0 Å². The van der Waals surface area contributed by atoms with Crippen molar-refractivity contribution in [3.63, 3.8) is 0 Å². The van der Waals surface area contributed by atoms with Crippen molar-refractivity contribution in [3.8, 4) is 0 Å². The Morgan fingerprint density at radius 1 is 1.27 bits per heavy atom. The smallest absolute Gasteiger partial charge is 0.237 e. The van der Waals surface area contributed by atoms with Crippen molar-refractivity contribution in [3.05, 3.63) is 0 Å². The van der Waals surface area contributed by atoms with Crippen molar-refractivity contribution in [1.29, 1.82) is 0 Å². The summed E-state index contributed by atoms with van der Waals surface area (Å²) in [6.07, 6.45) is 3.65. The Labute approximate surface area is 92.0 Å². The average molecular weight is 210 g/mol. The molecule has 4 atom stereocenters. The van der Waals surface area contributed by atoms with E-state index in [2.05, 4.69) is 24.5 Å². The van der Waals surface area contributed by atoms with Gasteiger partial charge < -0.3 is 10.6 Å². The topological polar surface area (TPSA) is 41.1 Å². The highest BCUT2D eigenvalue weighted by atomic mass is 16.2. The van der Waals surface area contributed by atoms with Gasteiger partial charge in [0.25, 0.3) is 0 Å². The van der Waals surface area contributed by atoms with Crippen molar-refractivity contribution in [2.45, 2.75) is 58.2 Å². The van der Waals surface area contributed by atoms with E-state index in [0.29, 0.717) is 12.1 Å². The number of fused-ring (bicyclic) bond motifs is 1. The molecule has 0 aromatic carbocycles. The van der Waals surface area contributed by atoms with Crippen LogP contribution in [-0.4, -0.2) is 24.0 Å². The van der Waals surface area contributed by atoms with Gasteiger partial charge in [0.2, 0.25) is 5.91 Å². The fraction of sp³-hybridized carbons (Fsp3) is 0.917. The van der Waals surface area contributed by atoms with Gasteiger partial charge in [0.15, 0.2) is 0 Å². The third-order valence-electron chi connectivity index (χ3n) is 4.02. The Hall–Kier alpha value is -0.570. The minimum Gasteiger partial charge on any atom is -0.350 e. The van der Waals surface area contributed by atoms with E-state index in [1.807, 2.05) is 6.92 Å². The summed E-state index contributed by atoms with van der Waals surface area (Å²) < 4.78 is 0. The number of hydrogen-bond acceptors (Lipinski definition) is 2. The Morgan fingerprint density at radius 3 is 2.67 bits per heavy atom. The second-order valence-corrected chi connectivity index (χ2v) is 5.43. The van der Waals surface area contributed by atoms with E-state index in [4.69, 9.17) is 0 Å². The van der Waals surface area contributed by atoms with Gasteiger partial charge in [0, 0.05) is 12.1 Å². The number of piperazine rings is 1. The first kappa shape index (κ1) is 10.9. The Kier molecular flexibility index (Phi) is 3.01. The molecule has 1 saturated carbocycles. The number of amides is 1. The molecule has 2 aliphatic rings. The zero-order valence-corrected chi connectivity index (χ0v) is 9.92. The molecule has 4 unspecified atom stereocenters. The van der Waals surface area contributed by atoms with E-state index in [1.165, 1.54) is 12.8 Å². The molecule has 2 N–H and O–H groups in total. The number of nitrogens with one attached hydrogen (secondary N) is 2. The molecule has 1 aliphatic carbocycles. The van der Waals surface area contributed by atoms with Gasteiger partial charge in [-0.25, -0.2) is 0 Å². The van der Waals surface area contributed by atoms with Crippen LogP contribution in [0.5, 0.6) is 0 Å². The standard InChI is InChI=1S/C12H22N2O/c1-7(2)9-4-5-10-11(6-9)14-12(15)8(3)13-10/h7-11,13H,4-6H2,1-3H3,(H,14,15). The number of carbonyl (C=O) groups is 1. The molecular weight excluding hydrogens is 188 g/mol. The molecule has 2 rings (SSSR count). The summed E-state index contributed by atoms with van der Waals surface area (Å²) in [7, 11) is 0. The van der Waals surface area contributed by atoms with E-state index in [-0.39, 0.29) is 11.9 Å². The molecule has 1 heterocycles. The van der Waals surface area contributed by atoms with Gasteiger partial charge in [-0.05, 0) is 38.0 Å². The highest BCUT2D eigenvalue weighted by Crippen LogP contribution is 2.31. The molecular formula is C12H22N2O. The van der Waals surface area contributed by atoms with Crippen LogP contribution in [0.2, 0.25) is 0 Å². The van der Waals surface area contributed by atoms with Gasteiger partial charge in [0.05, 0.1) is 6.04 Å². The first-order valence-electron chi connectivity index (χ1n) is 6.14. The van der Waals surface area contributed by atoms with Gasteiger partial charge in [-0.2, -0.15) is 0 Å². The maximum atomic E-state index is 11.6. The maximum absolute atomic E-state index is 11.6. The number of rotatable bonds is 1. The lowest BCUT2D eigenvalue weighted by Gasteiger charge is -2.43. The molecule has 1 saturated heterocycles. The first-order chi connectivity index (χ1) is 7.08. The van der Waals surface area contributed by atoms with Crippen molar-refractivity contribution >= 4 is 5.91 Å². The Bertz CT molecular complexity index is 252. The van der Waals surface area contributed by atoms with Crippen molar-refractivity contribution in [2.75, 3.05) is 0 Å². The highest BCUT2D eigenvalue weighted by Gasteiger charge is 2.37. The van der Waals surface area contributed by atoms with Crippen LogP contribution < -0.4 is 10.6 Å². The van der Waals surface area contributed by atoms with Gasteiger partial charge >= 0.3 is 0 Å². The van der Waals surface area contributed by atoms with Crippen LogP contribution in [0, 0.1) is 11.8 Å². The Balaban J connectivity index is 1.99. The maximum Gasteiger partial charge on any atom is 0.237 e. The van der Waals surface area contributed by atoms with E-state index < -0.39 is 0 Å². The largest absolute Gasteiger partial charge is 0.350 e. The predicted octanol–water partition coefficient (Wildman–Crippen LogP) is 1.29. The quantitative estimate of drug-likeness (QED) is 0.684. The fourth-order valence-corrected chi connectivity index (χ4v) is 2.87. The zero-order chi connectivity index (χ0) is 11.0. The lowest BCUT2D eigenvalue weighted by molar-refractivity contribution is -0.126. The normalized spacial score (nSPS) is 41.2. The molecule has 86 valence electrons. The SMILES string of the molecule is CC1NC2CCC(C(C)C)CC2NC1=O. The van der Waals surface area contributed by atoms with Crippen LogP contribution >= 0.6 is 0 Å². The molecule has 0 bridgehead atoms. The molecule has 0 radical (unpaired) electrons. The van der Waals surface area contributed by atoms with Crippen molar-refractivity contribution in [1.82, 2.24) is 10.6 Å². The lowest BCUT2D eigenvalue weighted by Crippen LogP contribution is -2.64. The zero-order valence-electron chi connectivity index (χ0n) is 9.92. The first-order valence-corrected chi connectivity index (χ1v) is 6.14. The summed E-state index contributed by atoms with van der Waals surface area (Å²) in [6.45, 7) is 6.51. The third-order valence-corrected chi connectivity index (χ3v) is 4.02. The molecule has 3 heteroatoms. The Morgan fingerprint density at radius 2 is 2.00 bits per heavy atom. The summed E-state index contributed by atoms with van der Waals surface area (Å²) in [5.41, 5.74) is 0. The van der Waals surface area contributed by atoms with Crippen LogP contribution in [0.4, 0.5) is 0 Å². The molecule has 15 heavy (non-hydrogen) atoms. The van der Waals surface area contributed by atoms with Gasteiger partial charge in [-0.1, -0.05) is 13.8 Å². The van der Waals surface area contributed by atoms with Gasteiger partial charge in [-0.15, -0.1) is 0 Å². The summed E-state index contributed by atoms with van der Waals surface area (Å²) in [6, 6.07) is 0.865. The van der Waals surface area contributed by atoms with E-state index in [1.54, 1.807) is 0 Å². The fourth-order valence-electron chi connectivity index (χ4n) is 2.87. The lowest BCUT2D eigenvalue weighted by atomic mass is 9.76. The minimum absolute atomic E-state index is 0.0122. The minimum atomic E-state index is -0.0122. The molecule has 0 aromatic heterocycles. The number of hydrogen-bond donors (Lipinski definition) is 2. The third kappa shape index (κ3) is 2.17. The van der Waals surface area contributed by atoms with Crippen molar-refractivity contribution in [2.24, 2.45) is 11.8 Å². The predicted molar refractivity (Wildman–Crippen MR) is 60.5 cm³/mol. The molecule has 0 spiro atoms. The van der Waals surface area contributed by atoms with Crippen LogP contribution in [0.15, 0.2) is 0 Å². The van der Waals surface area contributed by atoms with E-state index in [0.717, 1.165) is 18.3 Å². The molecule has 0 aromatic rings. The molecule has 2 fully saturated rings. The summed E-state index contributed by atoms with van der Waals surface area (Å²) >= 11 is 0. The summed E-state index contributed by atoms with van der Waals surface area (Å²) in [5.74, 6) is 1.68. The second kappa shape index (κ2) is 4.12. The summed E-state index contributed by atoms with van der Waals surface area (Å²) in [4.78, 5) is 11.6.